The second-order valence-corrected chi connectivity index (χ2v) is 6.00. The van der Waals surface area contributed by atoms with Gasteiger partial charge in [-0.15, -0.1) is 0 Å². The van der Waals surface area contributed by atoms with Crippen LogP contribution in [0, 0.1) is 0 Å². The van der Waals surface area contributed by atoms with Gasteiger partial charge in [-0.2, -0.15) is 0 Å². The fourth-order valence-electron chi connectivity index (χ4n) is 2.15. The molecule has 2 heterocycles. The fraction of sp³-hybridized carbons (Fsp3) is 0.400. The van der Waals surface area contributed by atoms with E-state index in [1.54, 1.807) is 12.4 Å². The van der Waals surface area contributed by atoms with Crippen molar-refractivity contribution in [2.24, 2.45) is 0 Å². The summed E-state index contributed by atoms with van der Waals surface area (Å²) in [7, 11) is 0. The molecular formula is C15H19BrN4O. The molecule has 1 amide bonds. The van der Waals surface area contributed by atoms with E-state index in [0.717, 1.165) is 27.7 Å². The van der Waals surface area contributed by atoms with Gasteiger partial charge in [0.2, 0.25) is 5.91 Å². The number of rotatable bonds is 5. The minimum absolute atomic E-state index is 0.00826. The highest BCUT2D eigenvalue weighted by Crippen LogP contribution is 2.25. The Morgan fingerprint density at radius 3 is 2.86 bits per heavy atom. The number of anilines is 1. The fourth-order valence-corrected chi connectivity index (χ4v) is 2.47. The lowest BCUT2D eigenvalue weighted by Crippen LogP contribution is -2.40. The van der Waals surface area contributed by atoms with E-state index in [2.05, 4.69) is 31.2 Å². The van der Waals surface area contributed by atoms with Crippen molar-refractivity contribution >= 4 is 38.6 Å². The summed E-state index contributed by atoms with van der Waals surface area (Å²) in [6, 6.07) is 3.96. The van der Waals surface area contributed by atoms with Crippen molar-refractivity contribution in [1.29, 1.82) is 0 Å². The highest BCUT2D eigenvalue weighted by Gasteiger charge is 2.14. The molecule has 0 bridgehead atoms. The van der Waals surface area contributed by atoms with Crippen LogP contribution in [0.3, 0.4) is 0 Å². The largest absolute Gasteiger partial charge is 0.361 e. The number of amides is 1. The molecule has 2 aromatic rings. The number of hydrogen-bond donors (Lipinski definition) is 1. The van der Waals surface area contributed by atoms with Crippen LogP contribution in [0.25, 0.3) is 11.0 Å². The van der Waals surface area contributed by atoms with Crippen LogP contribution >= 0.6 is 15.9 Å². The summed E-state index contributed by atoms with van der Waals surface area (Å²) in [4.78, 5) is 22.8. The van der Waals surface area contributed by atoms with Crippen molar-refractivity contribution in [1.82, 2.24) is 15.3 Å². The molecule has 0 aliphatic carbocycles. The molecular weight excluding hydrogens is 332 g/mol. The van der Waals surface area contributed by atoms with Crippen LogP contribution < -0.4 is 10.2 Å². The number of carbonyl (C=O) groups excluding carboxylic acids is 1. The molecule has 112 valence electrons. The Hall–Kier alpha value is -1.69. The van der Waals surface area contributed by atoms with E-state index in [1.165, 1.54) is 0 Å². The Balaban J connectivity index is 2.32. The van der Waals surface area contributed by atoms with E-state index < -0.39 is 0 Å². The molecule has 0 spiro atoms. The van der Waals surface area contributed by atoms with Crippen molar-refractivity contribution in [3.8, 4) is 0 Å². The third kappa shape index (κ3) is 3.91. The van der Waals surface area contributed by atoms with Gasteiger partial charge in [0.1, 0.15) is 5.52 Å². The lowest BCUT2D eigenvalue weighted by Gasteiger charge is -2.23. The number of fused-ring (bicyclic) bond motifs is 1. The van der Waals surface area contributed by atoms with Crippen molar-refractivity contribution in [3.63, 3.8) is 0 Å². The maximum absolute atomic E-state index is 12.0. The molecule has 0 unspecified atom stereocenters. The van der Waals surface area contributed by atoms with Crippen molar-refractivity contribution < 1.29 is 4.79 Å². The lowest BCUT2D eigenvalue weighted by atomic mass is 10.2. The van der Waals surface area contributed by atoms with E-state index in [1.807, 2.05) is 37.8 Å². The molecule has 21 heavy (non-hydrogen) atoms. The minimum atomic E-state index is 0.00826. The molecule has 6 heteroatoms. The Morgan fingerprint density at radius 1 is 1.43 bits per heavy atom. The molecule has 0 aromatic carbocycles. The number of nitrogens with zero attached hydrogens (tertiary/aromatic N) is 3. The monoisotopic (exact) mass is 350 g/mol. The van der Waals surface area contributed by atoms with Crippen molar-refractivity contribution in [2.45, 2.75) is 26.8 Å². The maximum atomic E-state index is 12.0. The van der Waals surface area contributed by atoms with Gasteiger partial charge in [-0.25, -0.2) is 0 Å². The molecule has 0 fully saturated rings. The highest BCUT2D eigenvalue weighted by molar-refractivity contribution is 9.10. The molecule has 0 aliphatic rings. The third-order valence-corrected chi connectivity index (χ3v) is 3.46. The van der Waals surface area contributed by atoms with Gasteiger partial charge in [0.05, 0.1) is 17.7 Å². The van der Waals surface area contributed by atoms with Crippen LogP contribution in [0.2, 0.25) is 0 Å². The maximum Gasteiger partial charge on any atom is 0.239 e. The van der Waals surface area contributed by atoms with E-state index in [0.29, 0.717) is 6.54 Å². The SMILES string of the molecule is CCN(CC(=O)NC(C)C)c1ccnc2cc(Br)cnc12. The van der Waals surface area contributed by atoms with Gasteiger partial charge < -0.3 is 10.2 Å². The summed E-state index contributed by atoms with van der Waals surface area (Å²) in [6.45, 7) is 6.96. The van der Waals surface area contributed by atoms with Gasteiger partial charge in [0, 0.05) is 29.5 Å². The smallest absolute Gasteiger partial charge is 0.239 e. The Morgan fingerprint density at radius 2 is 2.19 bits per heavy atom. The molecule has 5 nitrogen and oxygen atoms in total. The molecule has 0 radical (unpaired) electrons. The summed E-state index contributed by atoms with van der Waals surface area (Å²) in [6.07, 6.45) is 3.49. The van der Waals surface area contributed by atoms with Gasteiger partial charge in [-0.1, -0.05) is 0 Å². The van der Waals surface area contributed by atoms with Gasteiger partial charge in [-0.05, 0) is 48.8 Å². The first-order chi connectivity index (χ1) is 10.0. The van der Waals surface area contributed by atoms with Crippen LogP contribution in [-0.2, 0) is 4.79 Å². The average molecular weight is 351 g/mol. The normalized spacial score (nSPS) is 10.9. The van der Waals surface area contributed by atoms with Crippen LogP contribution in [0.1, 0.15) is 20.8 Å². The molecule has 0 saturated heterocycles. The van der Waals surface area contributed by atoms with E-state index in [-0.39, 0.29) is 11.9 Å². The number of hydrogen-bond acceptors (Lipinski definition) is 4. The van der Waals surface area contributed by atoms with Gasteiger partial charge >= 0.3 is 0 Å². The van der Waals surface area contributed by atoms with Crippen molar-refractivity contribution in [2.75, 3.05) is 18.0 Å². The topological polar surface area (TPSA) is 58.1 Å². The second kappa shape index (κ2) is 6.85. The minimum Gasteiger partial charge on any atom is -0.361 e. The average Bonchev–Trinajstić information content (AvgIpc) is 2.43. The van der Waals surface area contributed by atoms with Gasteiger partial charge in [-0.3, -0.25) is 14.8 Å². The molecule has 1 N–H and O–H groups in total. The number of pyridine rings is 2. The highest BCUT2D eigenvalue weighted by atomic mass is 79.9. The zero-order valence-electron chi connectivity index (χ0n) is 12.4. The molecule has 0 saturated carbocycles. The summed E-state index contributed by atoms with van der Waals surface area (Å²) < 4.78 is 0.889. The predicted molar refractivity (Wildman–Crippen MR) is 88.4 cm³/mol. The van der Waals surface area contributed by atoms with Crippen molar-refractivity contribution in [3.05, 3.63) is 29.0 Å². The molecule has 2 rings (SSSR count). The van der Waals surface area contributed by atoms with Crippen LogP contribution in [0.15, 0.2) is 29.0 Å². The van der Waals surface area contributed by atoms with Crippen LogP contribution in [0.4, 0.5) is 5.69 Å². The molecule has 0 aliphatic heterocycles. The molecule has 0 atom stereocenters. The number of carbonyl (C=O) groups is 1. The Kier molecular flexibility index (Phi) is 5.12. The first kappa shape index (κ1) is 15.7. The third-order valence-electron chi connectivity index (χ3n) is 3.03. The standard InChI is InChI=1S/C15H19BrN4O/c1-4-20(9-14(21)19-10(2)3)13-5-6-17-12-7-11(16)8-18-15(12)13/h5-8,10H,4,9H2,1-3H3,(H,19,21). The summed E-state index contributed by atoms with van der Waals surface area (Å²) in [5.41, 5.74) is 2.54. The van der Waals surface area contributed by atoms with Crippen LogP contribution in [-0.4, -0.2) is 35.0 Å². The van der Waals surface area contributed by atoms with E-state index in [9.17, 15) is 4.79 Å². The van der Waals surface area contributed by atoms with Gasteiger partial charge in [0.15, 0.2) is 0 Å². The zero-order chi connectivity index (χ0) is 15.4. The number of nitrogens with one attached hydrogen (secondary N) is 1. The quantitative estimate of drug-likeness (QED) is 0.900. The van der Waals surface area contributed by atoms with Crippen LogP contribution in [0.5, 0.6) is 0 Å². The lowest BCUT2D eigenvalue weighted by molar-refractivity contribution is -0.120. The van der Waals surface area contributed by atoms with E-state index >= 15 is 0 Å². The summed E-state index contributed by atoms with van der Waals surface area (Å²) in [5, 5.41) is 2.91. The summed E-state index contributed by atoms with van der Waals surface area (Å²) >= 11 is 3.40. The van der Waals surface area contributed by atoms with E-state index in [4.69, 9.17) is 0 Å². The summed E-state index contributed by atoms with van der Waals surface area (Å²) in [5.74, 6) is 0.00826. The van der Waals surface area contributed by atoms with Gasteiger partial charge in [0.25, 0.3) is 0 Å². The zero-order valence-corrected chi connectivity index (χ0v) is 14.0. The number of likely N-dealkylation sites (N-methyl/N-ethyl adjacent to an activating group) is 1. The second-order valence-electron chi connectivity index (χ2n) is 5.09. The first-order valence-electron chi connectivity index (χ1n) is 6.95. The molecule has 2 aromatic heterocycles. The first-order valence-corrected chi connectivity index (χ1v) is 7.75. The Bertz CT molecular complexity index is 645. The number of aromatic nitrogens is 2. The predicted octanol–water partition coefficient (Wildman–Crippen LogP) is 2.74. The Labute approximate surface area is 132 Å². The number of halogens is 1.